The summed E-state index contributed by atoms with van der Waals surface area (Å²) in [5, 5.41) is 12.5. The standard InChI is InChI=1S/C14H19NO2/c1-10-5-4-6-11(10)9-15-14(17)12-7-2-3-8-13(12)16/h2-3,7-8,10-11,16H,4-6,9H2,1H3,(H,15,17). The monoisotopic (exact) mass is 233 g/mol. The molecule has 0 aromatic heterocycles. The minimum atomic E-state index is -0.179. The van der Waals surface area contributed by atoms with Crippen molar-refractivity contribution in [2.75, 3.05) is 6.54 Å². The number of phenolic OH excluding ortho intramolecular Hbond substituents is 1. The van der Waals surface area contributed by atoms with Gasteiger partial charge in [-0.15, -0.1) is 0 Å². The van der Waals surface area contributed by atoms with Gasteiger partial charge in [0.15, 0.2) is 0 Å². The summed E-state index contributed by atoms with van der Waals surface area (Å²) in [6.07, 6.45) is 3.72. The highest BCUT2D eigenvalue weighted by Gasteiger charge is 2.23. The molecule has 2 atom stereocenters. The van der Waals surface area contributed by atoms with Crippen molar-refractivity contribution in [2.45, 2.75) is 26.2 Å². The first-order chi connectivity index (χ1) is 8.18. The van der Waals surface area contributed by atoms with Crippen LogP contribution in [0.2, 0.25) is 0 Å². The minimum absolute atomic E-state index is 0.0458. The Labute approximate surface area is 102 Å². The molecule has 1 fully saturated rings. The highest BCUT2D eigenvalue weighted by molar-refractivity contribution is 5.96. The molecule has 1 saturated carbocycles. The van der Waals surface area contributed by atoms with Gasteiger partial charge in [0.05, 0.1) is 5.56 Å². The van der Waals surface area contributed by atoms with Crippen LogP contribution < -0.4 is 5.32 Å². The van der Waals surface area contributed by atoms with Crippen molar-refractivity contribution in [2.24, 2.45) is 11.8 Å². The fourth-order valence-corrected chi connectivity index (χ4v) is 2.51. The average molecular weight is 233 g/mol. The average Bonchev–Trinajstić information content (AvgIpc) is 2.72. The smallest absolute Gasteiger partial charge is 0.255 e. The number of para-hydroxylation sites is 1. The highest BCUT2D eigenvalue weighted by atomic mass is 16.3. The predicted octanol–water partition coefficient (Wildman–Crippen LogP) is 2.56. The van der Waals surface area contributed by atoms with Crippen LogP contribution in [0.25, 0.3) is 0 Å². The lowest BCUT2D eigenvalue weighted by Gasteiger charge is -2.16. The number of aromatic hydroxyl groups is 1. The Morgan fingerprint density at radius 3 is 2.82 bits per heavy atom. The van der Waals surface area contributed by atoms with Crippen molar-refractivity contribution in [3.63, 3.8) is 0 Å². The molecule has 0 bridgehead atoms. The van der Waals surface area contributed by atoms with Crippen LogP contribution in [0.1, 0.15) is 36.5 Å². The number of carbonyl (C=O) groups is 1. The van der Waals surface area contributed by atoms with E-state index in [1.807, 2.05) is 0 Å². The number of hydrogen-bond acceptors (Lipinski definition) is 2. The number of rotatable bonds is 3. The Morgan fingerprint density at radius 2 is 2.18 bits per heavy atom. The number of benzene rings is 1. The molecule has 3 heteroatoms. The van der Waals surface area contributed by atoms with Crippen molar-refractivity contribution < 1.29 is 9.90 Å². The van der Waals surface area contributed by atoms with E-state index in [0.717, 1.165) is 0 Å². The van der Waals surface area contributed by atoms with Gasteiger partial charge in [-0.25, -0.2) is 0 Å². The van der Waals surface area contributed by atoms with E-state index in [2.05, 4.69) is 12.2 Å². The third-order valence-corrected chi connectivity index (χ3v) is 3.71. The Morgan fingerprint density at radius 1 is 1.41 bits per heavy atom. The van der Waals surface area contributed by atoms with Crippen LogP contribution in [0, 0.1) is 11.8 Å². The summed E-state index contributed by atoms with van der Waals surface area (Å²) in [6, 6.07) is 6.65. The number of nitrogens with one attached hydrogen (secondary N) is 1. The summed E-state index contributed by atoms with van der Waals surface area (Å²) in [6.45, 7) is 2.96. The maximum absolute atomic E-state index is 11.9. The third kappa shape index (κ3) is 2.78. The molecular formula is C14H19NO2. The zero-order valence-corrected chi connectivity index (χ0v) is 10.1. The fourth-order valence-electron chi connectivity index (χ4n) is 2.51. The molecule has 1 amide bonds. The lowest BCUT2D eigenvalue weighted by molar-refractivity contribution is 0.0942. The molecule has 0 heterocycles. The van der Waals surface area contributed by atoms with Gasteiger partial charge in [0.25, 0.3) is 5.91 Å². The molecule has 1 aromatic rings. The van der Waals surface area contributed by atoms with Crippen LogP contribution in [-0.4, -0.2) is 17.6 Å². The summed E-state index contributed by atoms with van der Waals surface area (Å²) >= 11 is 0. The van der Waals surface area contributed by atoms with E-state index >= 15 is 0 Å². The van der Waals surface area contributed by atoms with E-state index in [-0.39, 0.29) is 11.7 Å². The topological polar surface area (TPSA) is 49.3 Å². The molecule has 0 radical (unpaired) electrons. The normalized spacial score (nSPS) is 23.6. The quantitative estimate of drug-likeness (QED) is 0.843. The first-order valence-corrected chi connectivity index (χ1v) is 6.24. The van der Waals surface area contributed by atoms with E-state index in [9.17, 15) is 9.90 Å². The molecule has 92 valence electrons. The Hall–Kier alpha value is -1.51. The van der Waals surface area contributed by atoms with Gasteiger partial charge in [-0.2, -0.15) is 0 Å². The van der Waals surface area contributed by atoms with Crippen LogP contribution in [0.15, 0.2) is 24.3 Å². The highest BCUT2D eigenvalue weighted by Crippen LogP contribution is 2.30. The van der Waals surface area contributed by atoms with Gasteiger partial charge >= 0.3 is 0 Å². The van der Waals surface area contributed by atoms with E-state index in [1.54, 1.807) is 18.2 Å². The maximum Gasteiger partial charge on any atom is 0.255 e. The van der Waals surface area contributed by atoms with Crippen molar-refractivity contribution >= 4 is 5.91 Å². The van der Waals surface area contributed by atoms with Crippen molar-refractivity contribution in [3.8, 4) is 5.75 Å². The molecule has 1 aliphatic carbocycles. The molecule has 3 nitrogen and oxygen atoms in total. The van der Waals surface area contributed by atoms with E-state index < -0.39 is 0 Å². The van der Waals surface area contributed by atoms with Crippen LogP contribution in [0.3, 0.4) is 0 Å². The van der Waals surface area contributed by atoms with E-state index in [1.165, 1.54) is 25.3 Å². The minimum Gasteiger partial charge on any atom is -0.507 e. The lowest BCUT2D eigenvalue weighted by Crippen LogP contribution is -2.30. The largest absolute Gasteiger partial charge is 0.507 e. The molecule has 0 saturated heterocycles. The molecular weight excluding hydrogens is 214 g/mol. The van der Waals surface area contributed by atoms with E-state index in [4.69, 9.17) is 0 Å². The molecule has 1 aromatic carbocycles. The molecule has 0 spiro atoms. The summed E-state index contributed by atoms with van der Waals surface area (Å²) < 4.78 is 0. The third-order valence-electron chi connectivity index (χ3n) is 3.71. The second-order valence-corrected chi connectivity index (χ2v) is 4.90. The van der Waals surface area contributed by atoms with Crippen molar-refractivity contribution in [1.29, 1.82) is 0 Å². The second kappa shape index (κ2) is 5.21. The summed E-state index contributed by atoms with van der Waals surface area (Å²) in [5.74, 6) is 1.15. The lowest BCUT2D eigenvalue weighted by atomic mass is 9.98. The van der Waals surface area contributed by atoms with Gasteiger partial charge < -0.3 is 10.4 Å². The van der Waals surface area contributed by atoms with Crippen molar-refractivity contribution in [3.05, 3.63) is 29.8 Å². The zero-order chi connectivity index (χ0) is 12.3. The van der Waals surface area contributed by atoms with Gasteiger partial charge in [0, 0.05) is 6.54 Å². The number of amides is 1. The summed E-state index contributed by atoms with van der Waals surface area (Å²) in [5.41, 5.74) is 0.359. The first-order valence-electron chi connectivity index (χ1n) is 6.24. The van der Waals surface area contributed by atoms with Gasteiger partial charge in [-0.3, -0.25) is 4.79 Å². The first kappa shape index (κ1) is 12.0. The molecule has 0 aliphatic heterocycles. The van der Waals surface area contributed by atoms with Gasteiger partial charge in [0.1, 0.15) is 5.75 Å². The number of hydrogen-bond donors (Lipinski definition) is 2. The Balaban J connectivity index is 1.91. The van der Waals surface area contributed by atoms with Crippen molar-refractivity contribution in [1.82, 2.24) is 5.32 Å². The molecule has 2 N–H and O–H groups in total. The molecule has 1 aliphatic rings. The van der Waals surface area contributed by atoms with Crippen LogP contribution >= 0.6 is 0 Å². The molecule has 17 heavy (non-hydrogen) atoms. The number of carbonyl (C=O) groups excluding carboxylic acids is 1. The Kier molecular flexibility index (Phi) is 3.67. The Bertz CT molecular complexity index is 403. The summed E-state index contributed by atoms with van der Waals surface area (Å²) in [4.78, 5) is 11.9. The van der Waals surface area contributed by atoms with Crippen LogP contribution in [0.5, 0.6) is 5.75 Å². The molecule has 2 unspecified atom stereocenters. The van der Waals surface area contributed by atoms with Crippen LogP contribution in [-0.2, 0) is 0 Å². The van der Waals surface area contributed by atoms with Gasteiger partial charge in [-0.05, 0) is 30.4 Å². The fraction of sp³-hybridized carbons (Fsp3) is 0.500. The second-order valence-electron chi connectivity index (χ2n) is 4.90. The van der Waals surface area contributed by atoms with E-state index in [0.29, 0.717) is 23.9 Å². The van der Waals surface area contributed by atoms with Crippen LogP contribution in [0.4, 0.5) is 0 Å². The van der Waals surface area contributed by atoms with Gasteiger partial charge in [0.2, 0.25) is 0 Å². The zero-order valence-electron chi connectivity index (χ0n) is 10.1. The maximum atomic E-state index is 11.9. The summed E-state index contributed by atoms with van der Waals surface area (Å²) in [7, 11) is 0. The predicted molar refractivity (Wildman–Crippen MR) is 66.9 cm³/mol. The molecule has 2 rings (SSSR count). The SMILES string of the molecule is CC1CCCC1CNC(=O)c1ccccc1O. The van der Waals surface area contributed by atoms with Gasteiger partial charge in [-0.1, -0.05) is 31.9 Å². The number of phenols is 1.